The van der Waals surface area contributed by atoms with E-state index in [1.807, 2.05) is 17.5 Å². The van der Waals surface area contributed by atoms with Crippen LogP contribution < -0.4 is 0 Å². The molecule has 0 saturated heterocycles. The number of halogens is 2. The van der Waals surface area contributed by atoms with Gasteiger partial charge in [0.2, 0.25) is 0 Å². The van der Waals surface area contributed by atoms with Gasteiger partial charge in [0, 0.05) is 12.4 Å². The Labute approximate surface area is 124 Å². The second-order valence-electron chi connectivity index (χ2n) is 4.53. The number of aliphatic hydroxyl groups excluding tert-OH is 1. The van der Waals surface area contributed by atoms with Gasteiger partial charge in [0.05, 0.1) is 17.0 Å². The highest BCUT2D eigenvalue weighted by molar-refractivity contribution is 7.13. The van der Waals surface area contributed by atoms with Gasteiger partial charge in [-0.05, 0) is 23.6 Å². The van der Waals surface area contributed by atoms with Crippen LogP contribution >= 0.6 is 11.3 Å². The molecule has 0 aliphatic heterocycles. The van der Waals surface area contributed by atoms with E-state index in [2.05, 4.69) is 4.98 Å². The number of thiophene rings is 1. The number of aliphatic hydroxyl groups is 1. The zero-order chi connectivity index (χ0) is 14.8. The summed E-state index contributed by atoms with van der Waals surface area (Å²) < 4.78 is 29.0. The third kappa shape index (κ3) is 2.72. The fourth-order valence-electron chi connectivity index (χ4n) is 2.19. The van der Waals surface area contributed by atoms with Crippen LogP contribution in [0.3, 0.4) is 0 Å². The lowest BCUT2D eigenvalue weighted by atomic mass is 10.1. The normalized spacial score (nSPS) is 12.5. The fourth-order valence-corrected chi connectivity index (χ4v) is 2.93. The van der Waals surface area contributed by atoms with Crippen LogP contribution in [-0.4, -0.2) is 14.7 Å². The molecule has 1 N–H and O–H groups in total. The number of rotatable bonds is 4. The molecular formula is C15H12F2N2OS. The summed E-state index contributed by atoms with van der Waals surface area (Å²) in [6.45, 7) is 0.0328. The molecule has 0 aliphatic rings. The number of aromatic nitrogens is 2. The third-order valence-electron chi connectivity index (χ3n) is 3.16. The molecule has 0 bridgehead atoms. The zero-order valence-corrected chi connectivity index (χ0v) is 11.7. The summed E-state index contributed by atoms with van der Waals surface area (Å²) in [6, 6.07) is 7.34. The molecule has 2 aromatic heterocycles. The Kier molecular flexibility index (Phi) is 3.81. The van der Waals surface area contributed by atoms with Gasteiger partial charge < -0.3 is 9.67 Å². The lowest BCUT2D eigenvalue weighted by molar-refractivity contribution is 0.148. The van der Waals surface area contributed by atoms with Gasteiger partial charge in [-0.1, -0.05) is 12.1 Å². The molecule has 1 atom stereocenters. The Morgan fingerprint density at radius 3 is 2.62 bits per heavy atom. The van der Waals surface area contributed by atoms with Crippen molar-refractivity contribution in [1.82, 2.24) is 9.55 Å². The van der Waals surface area contributed by atoms with Crippen LogP contribution in [0.1, 0.15) is 11.7 Å². The van der Waals surface area contributed by atoms with Crippen molar-refractivity contribution in [2.24, 2.45) is 0 Å². The molecule has 3 aromatic rings. The monoisotopic (exact) mass is 306 g/mol. The maximum atomic E-state index is 13.7. The SMILES string of the molecule is O[C@H](Cn1ccnc1-c1cccs1)c1c(F)cccc1F. The minimum atomic E-state index is -1.28. The third-order valence-corrected chi connectivity index (χ3v) is 4.03. The average molecular weight is 306 g/mol. The largest absolute Gasteiger partial charge is 0.386 e. The first-order chi connectivity index (χ1) is 10.2. The minimum Gasteiger partial charge on any atom is -0.386 e. The second-order valence-corrected chi connectivity index (χ2v) is 5.48. The summed E-state index contributed by atoms with van der Waals surface area (Å²) in [5.74, 6) is -0.832. The van der Waals surface area contributed by atoms with Crippen molar-refractivity contribution in [3.05, 3.63) is 65.3 Å². The topological polar surface area (TPSA) is 38.0 Å². The minimum absolute atomic E-state index is 0.0328. The summed E-state index contributed by atoms with van der Waals surface area (Å²) in [7, 11) is 0. The van der Waals surface area contributed by atoms with E-state index in [4.69, 9.17) is 0 Å². The van der Waals surface area contributed by atoms with Crippen molar-refractivity contribution in [2.75, 3.05) is 0 Å². The summed E-state index contributed by atoms with van der Waals surface area (Å²) >= 11 is 1.51. The molecule has 0 aliphatic carbocycles. The van der Waals surface area contributed by atoms with Gasteiger partial charge in [-0.2, -0.15) is 0 Å². The first-order valence-electron chi connectivity index (χ1n) is 6.34. The van der Waals surface area contributed by atoms with Crippen LogP contribution in [0.25, 0.3) is 10.7 Å². The number of hydrogen-bond acceptors (Lipinski definition) is 3. The van der Waals surface area contributed by atoms with Crippen molar-refractivity contribution in [3.63, 3.8) is 0 Å². The maximum absolute atomic E-state index is 13.7. The molecule has 1 aromatic carbocycles. The first kappa shape index (κ1) is 13.9. The zero-order valence-electron chi connectivity index (χ0n) is 10.9. The Bertz CT molecular complexity index is 720. The van der Waals surface area contributed by atoms with Crippen molar-refractivity contribution >= 4 is 11.3 Å². The second kappa shape index (κ2) is 5.75. The van der Waals surface area contributed by atoms with Crippen molar-refractivity contribution in [2.45, 2.75) is 12.6 Å². The quantitative estimate of drug-likeness (QED) is 0.799. The molecule has 6 heteroatoms. The summed E-state index contributed by atoms with van der Waals surface area (Å²) in [5, 5.41) is 12.1. The van der Waals surface area contributed by atoms with E-state index in [0.29, 0.717) is 5.82 Å². The summed E-state index contributed by atoms with van der Waals surface area (Å²) in [5.41, 5.74) is -0.316. The smallest absolute Gasteiger partial charge is 0.150 e. The molecule has 3 rings (SSSR count). The Balaban J connectivity index is 1.89. The van der Waals surface area contributed by atoms with E-state index in [-0.39, 0.29) is 12.1 Å². The van der Waals surface area contributed by atoms with Crippen molar-refractivity contribution in [3.8, 4) is 10.7 Å². The molecule has 2 heterocycles. The van der Waals surface area contributed by atoms with Gasteiger partial charge in [-0.15, -0.1) is 11.3 Å². The van der Waals surface area contributed by atoms with E-state index in [1.165, 1.54) is 17.4 Å². The predicted molar refractivity (Wildman–Crippen MR) is 76.9 cm³/mol. The molecular weight excluding hydrogens is 294 g/mol. The Hall–Kier alpha value is -2.05. The van der Waals surface area contributed by atoms with E-state index >= 15 is 0 Å². The highest BCUT2D eigenvalue weighted by atomic mass is 32.1. The lowest BCUT2D eigenvalue weighted by Crippen LogP contribution is -2.12. The van der Waals surface area contributed by atoms with Gasteiger partial charge in [-0.25, -0.2) is 13.8 Å². The van der Waals surface area contributed by atoms with Crippen LogP contribution in [0.15, 0.2) is 48.1 Å². The van der Waals surface area contributed by atoms with Crippen LogP contribution in [0, 0.1) is 11.6 Å². The molecule has 3 nitrogen and oxygen atoms in total. The number of nitrogens with zero attached hydrogens (tertiary/aromatic N) is 2. The van der Waals surface area contributed by atoms with Crippen molar-refractivity contribution in [1.29, 1.82) is 0 Å². The van der Waals surface area contributed by atoms with Crippen LogP contribution in [0.5, 0.6) is 0 Å². The molecule has 0 unspecified atom stereocenters. The first-order valence-corrected chi connectivity index (χ1v) is 7.22. The molecule has 21 heavy (non-hydrogen) atoms. The molecule has 0 fully saturated rings. The number of benzene rings is 1. The fraction of sp³-hybridized carbons (Fsp3) is 0.133. The molecule has 0 amide bonds. The van der Waals surface area contributed by atoms with E-state index in [1.54, 1.807) is 17.0 Å². The lowest BCUT2D eigenvalue weighted by Gasteiger charge is -2.15. The van der Waals surface area contributed by atoms with Gasteiger partial charge in [-0.3, -0.25) is 0 Å². The van der Waals surface area contributed by atoms with Gasteiger partial charge in [0.25, 0.3) is 0 Å². The molecule has 108 valence electrons. The van der Waals surface area contributed by atoms with Gasteiger partial charge >= 0.3 is 0 Å². The Morgan fingerprint density at radius 1 is 1.19 bits per heavy atom. The summed E-state index contributed by atoms with van der Waals surface area (Å²) in [6.07, 6.45) is 2.00. The van der Waals surface area contributed by atoms with E-state index in [9.17, 15) is 13.9 Å². The van der Waals surface area contributed by atoms with Crippen molar-refractivity contribution < 1.29 is 13.9 Å². The molecule has 0 spiro atoms. The van der Waals surface area contributed by atoms with Gasteiger partial charge in [0.1, 0.15) is 23.6 Å². The number of imidazole rings is 1. The summed E-state index contributed by atoms with van der Waals surface area (Å²) in [4.78, 5) is 5.16. The van der Waals surface area contributed by atoms with Crippen LogP contribution in [-0.2, 0) is 6.54 Å². The Morgan fingerprint density at radius 2 is 1.95 bits per heavy atom. The van der Waals surface area contributed by atoms with Crippen LogP contribution in [0.4, 0.5) is 8.78 Å². The highest BCUT2D eigenvalue weighted by Gasteiger charge is 2.19. The molecule has 0 saturated carbocycles. The van der Waals surface area contributed by atoms with E-state index < -0.39 is 17.7 Å². The maximum Gasteiger partial charge on any atom is 0.150 e. The van der Waals surface area contributed by atoms with E-state index in [0.717, 1.165) is 17.0 Å². The standard InChI is InChI=1S/C15H12F2N2OS/c16-10-3-1-4-11(17)14(10)12(20)9-19-7-6-18-15(19)13-5-2-8-21-13/h1-8,12,20H,9H2/t12-/m1/s1. The van der Waals surface area contributed by atoms with Gasteiger partial charge in [0.15, 0.2) is 0 Å². The highest BCUT2D eigenvalue weighted by Crippen LogP contribution is 2.26. The molecule has 0 radical (unpaired) electrons. The number of hydrogen-bond donors (Lipinski definition) is 1. The van der Waals surface area contributed by atoms with Crippen LogP contribution in [0.2, 0.25) is 0 Å². The predicted octanol–water partition coefficient (Wildman–Crippen LogP) is 3.62. The average Bonchev–Trinajstić information content (AvgIpc) is 3.08.